The van der Waals surface area contributed by atoms with Crippen LogP contribution in [0.25, 0.3) is 0 Å². The zero-order valence-corrected chi connectivity index (χ0v) is 8.13. The highest BCUT2D eigenvalue weighted by Gasteiger charge is 2.11. The lowest BCUT2D eigenvalue weighted by molar-refractivity contribution is 0.292. The van der Waals surface area contributed by atoms with Gasteiger partial charge in [-0.25, -0.2) is 0 Å². The Bertz CT molecular complexity index is 212. The van der Waals surface area contributed by atoms with Gasteiger partial charge in [-0.2, -0.15) is 0 Å². The van der Waals surface area contributed by atoms with Crippen LogP contribution in [-0.2, 0) is 0 Å². The molecule has 2 nitrogen and oxygen atoms in total. The summed E-state index contributed by atoms with van der Waals surface area (Å²) in [7, 11) is 0. The Morgan fingerprint density at radius 3 is 2.85 bits per heavy atom. The van der Waals surface area contributed by atoms with Crippen molar-refractivity contribution in [1.82, 2.24) is 10.2 Å². The third-order valence-electron chi connectivity index (χ3n) is 2.72. The zero-order chi connectivity index (χ0) is 8.93. The minimum atomic E-state index is 1.08. The predicted octanol–water partition coefficient (Wildman–Crippen LogP) is 1.86. The van der Waals surface area contributed by atoms with E-state index in [0.29, 0.717) is 0 Å². The summed E-state index contributed by atoms with van der Waals surface area (Å²) in [4.78, 5) is 2.48. The number of piperidine rings is 1. The molecule has 0 bridgehead atoms. The summed E-state index contributed by atoms with van der Waals surface area (Å²) in [5.41, 5.74) is 1.37. The molecule has 2 aliphatic rings. The van der Waals surface area contributed by atoms with Crippen molar-refractivity contribution < 1.29 is 0 Å². The average Bonchev–Trinajstić information content (AvgIpc) is 2.47. The molecule has 0 saturated carbocycles. The summed E-state index contributed by atoms with van der Waals surface area (Å²) in [6.45, 7) is 3.55. The number of allylic oxidation sites excluding steroid dienone is 1. The summed E-state index contributed by atoms with van der Waals surface area (Å²) in [6.07, 6.45) is 11.9. The molecule has 2 heteroatoms. The molecular weight excluding hydrogens is 160 g/mol. The molecule has 0 atom stereocenters. The van der Waals surface area contributed by atoms with Gasteiger partial charge >= 0.3 is 0 Å². The molecule has 0 spiro atoms. The molecule has 0 unspecified atom stereocenters. The van der Waals surface area contributed by atoms with Crippen LogP contribution >= 0.6 is 0 Å². The third-order valence-corrected chi connectivity index (χ3v) is 2.72. The molecule has 0 aromatic rings. The maximum absolute atomic E-state index is 3.33. The first-order chi connectivity index (χ1) is 6.47. The molecule has 2 heterocycles. The van der Waals surface area contributed by atoms with E-state index >= 15 is 0 Å². The van der Waals surface area contributed by atoms with Crippen molar-refractivity contribution >= 4 is 0 Å². The monoisotopic (exact) mass is 178 g/mol. The highest BCUT2D eigenvalue weighted by Crippen LogP contribution is 2.15. The molecule has 0 aromatic heterocycles. The van der Waals surface area contributed by atoms with Crippen LogP contribution in [0.5, 0.6) is 0 Å². The van der Waals surface area contributed by atoms with Gasteiger partial charge in [0.15, 0.2) is 0 Å². The molecular formula is C11H18N2. The summed E-state index contributed by atoms with van der Waals surface area (Å²) < 4.78 is 0. The number of nitrogens with one attached hydrogen (secondary N) is 1. The largest absolute Gasteiger partial charge is 0.389 e. The van der Waals surface area contributed by atoms with Gasteiger partial charge in [-0.3, -0.25) is 0 Å². The van der Waals surface area contributed by atoms with E-state index in [-0.39, 0.29) is 0 Å². The lowest BCUT2D eigenvalue weighted by atomic mass is 10.1. The Morgan fingerprint density at radius 2 is 2.00 bits per heavy atom. The molecule has 0 aromatic carbocycles. The first kappa shape index (κ1) is 8.67. The third kappa shape index (κ3) is 2.27. The van der Waals surface area contributed by atoms with E-state index in [1.807, 2.05) is 0 Å². The number of likely N-dealkylation sites (tertiary alicyclic amines) is 1. The maximum Gasteiger partial charge on any atom is 0.0522 e. The Kier molecular flexibility index (Phi) is 2.90. The van der Waals surface area contributed by atoms with Crippen molar-refractivity contribution in [2.24, 2.45) is 0 Å². The maximum atomic E-state index is 3.33. The molecule has 1 N–H and O–H groups in total. The van der Waals surface area contributed by atoms with Crippen LogP contribution in [0.4, 0.5) is 0 Å². The molecule has 0 radical (unpaired) electrons. The Labute approximate surface area is 80.3 Å². The van der Waals surface area contributed by atoms with Crippen LogP contribution in [0, 0.1) is 0 Å². The minimum absolute atomic E-state index is 1.08. The van der Waals surface area contributed by atoms with E-state index in [0.717, 1.165) is 13.0 Å². The molecule has 1 fully saturated rings. The number of hydrogen-bond donors (Lipinski definition) is 1. The fraction of sp³-hybridized carbons (Fsp3) is 0.636. The van der Waals surface area contributed by atoms with Gasteiger partial charge in [-0.1, -0.05) is 6.08 Å². The Balaban J connectivity index is 1.99. The van der Waals surface area contributed by atoms with E-state index < -0.39 is 0 Å². The van der Waals surface area contributed by atoms with Gasteiger partial charge in [0.2, 0.25) is 0 Å². The van der Waals surface area contributed by atoms with Crippen LogP contribution in [-0.4, -0.2) is 24.5 Å². The predicted molar refractivity (Wildman–Crippen MR) is 55.3 cm³/mol. The zero-order valence-electron chi connectivity index (χ0n) is 8.13. The quantitative estimate of drug-likeness (QED) is 0.659. The van der Waals surface area contributed by atoms with Crippen molar-refractivity contribution in [3.8, 4) is 0 Å². The smallest absolute Gasteiger partial charge is 0.0522 e. The lowest BCUT2D eigenvalue weighted by Crippen LogP contribution is -2.29. The Hall–Kier alpha value is -0.920. The first-order valence-electron chi connectivity index (χ1n) is 5.32. The molecule has 2 rings (SSSR count). The van der Waals surface area contributed by atoms with E-state index in [4.69, 9.17) is 0 Å². The fourth-order valence-electron chi connectivity index (χ4n) is 1.94. The summed E-state index contributed by atoms with van der Waals surface area (Å²) in [5, 5.41) is 3.33. The van der Waals surface area contributed by atoms with E-state index in [2.05, 4.69) is 28.6 Å². The normalized spacial score (nSPS) is 23.4. The summed E-state index contributed by atoms with van der Waals surface area (Å²) >= 11 is 0. The second kappa shape index (κ2) is 4.35. The SMILES string of the molecule is C1=CC(N2CCCCC2)=CNCC1. The fourth-order valence-corrected chi connectivity index (χ4v) is 1.94. The number of hydrogen-bond acceptors (Lipinski definition) is 2. The van der Waals surface area contributed by atoms with Crippen LogP contribution in [0.1, 0.15) is 25.7 Å². The van der Waals surface area contributed by atoms with Gasteiger partial charge in [0.25, 0.3) is 0 Å². The average molecular weight is 178 g/mol. The Morgan fingerprint density at radius 1 is 1.15 bits per heavy atom. The van der Waals surface area contributed by atoms with E-state index in [1.54, 1.807) is 0 Å². The molecule has 1 saturated heterocycles. The standard InChI is InChI=1S/C11H18N2/c1-4-8-13(9-5-1)11-6-2-3-7-12-10-11/h2,6,10,12H,1,3-5,7-9H2. The number of rotatable bonds is 1. The van der Waals surface area contributed by atoms with Crippen LogP contribution < -0.4 is 5.32 Å². The van der Waals surface area contributed by atoms with Gasteiger partial charge in [-0.15, -0.1) is 0 Å². The summed E-state index contributed by atoms with van der Waals surface area (Å²) in [5.74, 6) is 0. The molecule has 13 heavy (non-hydrogen) atoms. The van der Waals surface area contributed by atoms with Crippen LogP contribution in [0.3, 0.4) is 0 Å². The second-order valence-corrected chi connectivity index (χ2v) is 3.76. The van der Waals surface area contributed by atoms with Crippen molar-refractivity contribution in [3.63, 3.8) is 0 Å². The highest BCUT2D eigenvalue weighted by molar-refractivity contribution is 5.19. The second-order valence-electron chi connectivity index (χ2n) is 3.76. The summed E-state index contributed by atoms with van der Waals surface area (Å²) in [6, 6.07) is 0. The van der Waals surface area contributed by atoms with E-state index in [1.165, 1.54) is 38.0 Å². The van der Waals surface area contributed by atoms with Crippen molar-refractivity contribution in [2.45, 2.75) is 25.7 Å². The minimum Gasteiger partial charge on any atom is -0.389 e. The molecule has 0 amide bonds. The number of nitrogens with zero attached hydrogens (tertiary/aromatic N) is 1. The van der Waals surface area contributed by atoms with Gasteiger partial charge < -0.3 is 10.2 Å². The highest BCUT2D eigenvalue weighted by atomic mass is 15.1. The molecule has 2 aliphatic heterocycles. The molecule has 0 aliphatic carbocycles. The topological polar surface area (TPSA) is 15.3 Å². The van der Waals surface area contributed by atoms with Gasteiger partial charge in [0.1, 0.15) is 0 Å². The van der Waals surface area contributed by atoms with Gasteiger partial charge in [0.05, 0.1) is 5.70 Å². The van der Waals surface area contributed by atoms with Crippen molar-refractivity contribution in [3.05, 3.63) is 24.0 Å². The first-order valence-corrected chi connectivity index (χ1v) is 5.32. The van der Waals surface area contributed by atoms with Crippen molar-refractivity contribution in [1.29, 1.82) is 0 Å². The van der Waals surface area contributed by atoms with Crippen LogP contribution in [0.15, 0.2) is 24.0 Å². The van der Waals surface area contributed by atoms with Crippen molar-refractivity contribution in [2.75, 3.05) is 19.6 Å². The van der Waals surface area contributed by atoms with Gasteiger partial charge in [0, 0.05) is 25.8 Å². The van der Waals surface area contributed by atoms with Gasteiger partial charge in [-0.05, 0) is 31.8 Å². The van der Waals surface area contributed by atoms with Crippen LogP contribution in [0.2, 0.25) is 0 Å². The lowest BCUT2D eigenvalue weighted by Gasteiger charge is -2.29. The molecule has 72 valence electrons. The van der Waals surface area contributed by atoms with E-state index in [9.17, 15) is 0 Å².